The van der Waals surface area contributed by atoms with Gasteiger partial charge in [0.1, 0.15) is 5.78 Å². The van der Waals surface area contributed by atoms with E-state index in [9.17, 15) is 4.79 Å². The Morgan fingerprint density at radius 1 is 1.21 bits per heavy atom. The van der Waals surface area contributed by atoms with Crippen LogP contribution in [0.5, 0.6) is 0 Å². The molecule has 5 atom stereocenters. The fourth-order valence-corrected chi connectivity index (χ4v) is 5.97. The summed E-state index contributed by atoms with van der Waals surface area (Å²) >= 11 is 0. The summed E-state index contributed by atoms with van der Waals surface area (Å²) in [5.41, 5.74) is 0.871. The number of carbonyl (C=O) groups excluding carboxylic acids is 1. The van der Waals surface area contributed by atoms with E-state index in [4.69, 9.17) is 0 Å². The van der Waals surface area contributed by atoms with E-state index in [-0.39, 0.29) is 0 Å². The number of ketones is 1. The SMILES string of the molecule is CCC1CCCC(=O)C1[C@@H]1C[C@H]2CC[C@]1(C)C2(C)C. The van der Waals surface area contributed by atoms with Crippen molar-refractivity contribution in [1.82, 2.24) is 0 Å². The molecule has 0 aromatic carbocycles. The largest absolute Gasteiger partial charge is 0.299 e. The third-order valence-corrected chi connectivity index (χ3v) is 7.70. The molecule has 0 saturated heterocycles. The van der Waals surface area contributed by atoms with Crippen LogP contribution in [-0.4, -0.2) is 5.78 Å². The number of rotatable bonds is 2. The molecular formula is C18H30O. The van der Waals surface area contributed by atoms with Crippen molar-refractivity contribution in [2.45, 2.75) is 72.6 Å². The number of carbonyl (C=O) groups is 1. The number of fused-ring (bicyclic) bond motifs is 2. The van der Waals surface area contributed by atoms with Crippen LogP contribution >= 0.6 is 0 Å². The second-order valence-corrected chi connectivity index (χ2v) is 8.27. The molecule has 0 radical (unpaired) electrons. The van der Waals surface area contributed by atoms with Gasteiger partial charge in [0, 0.05) is 12.3 Å². The van der Waals surface area contributed by atoms with Crippen molar-refractivity contribution >= 4 is 5.78 Å². The average Bonchev–Trinajstić information content (AvgIpc) is 2.71. The highest BCUT2D eigenvalue weighted by Gasteiger charge is 2.63. The first kappa shape index (κ1) is 13.6. The molecule has 2 bridgehead atoms. The Bertz CT molecular complexity index is 383. The third kappa shape index (κ3) is 1.69. The van der Waals surface area contributed by atoms with Crippen molar-refractivity contribution < 1.29 is 4.79 Å². The van der Waals surface area contributed by atoms with Crippen molar-refractivity contribution in [3.63, 3.8) is 0 Å². The van der Waals surface area contributed by atoms with E-state index in [0.29, 0.717) is 34.4 Å². The summed E-state index contributed by atoms with van der Waals surface area (Å²) in [5.74, 6) is 3.23. The van der Waals surface area contributed by atoms with Gasteiger partial charge in [-0.25, -0.2) is 0 Å². The molecule has 3 saturated carbocycles. The lowest BCUT2D eigenvalue weighted by Gasteiger charge is -2.45. The van der Waals surface area contributed by atoms with Crippen LogP contribution in [0.25, 0.3) is 0 Å². The third-order valence-electron chi connectivity index (χ3n) is 7.70. The van der Waals surface area contributed by atoms with Gasteiger partial charge in [-0.15, -0.1) is 0 Å². The highest BCUT2D eigenvalue weighted by atomic mass is 16.1. The zero-order valence-corrected chi connectivity index (χ0v) is 13.2. The smallest absolute Gasteiger partial charge is 0.136 e. The Morgan fingerprint density at radius 2 is 1.95 bits per heavy atom. The minimum absolute atomic E-state index is 0.397. The van der Waals surface area contributed by atoms with Gasteiger partial charge in [0.2, 0.25) is 0 Å². The summed E-state index contributed by atoms with van der Waals surface area (Å²) in [6, 6.07) is 0. The van der Waals surface area contributed by atoms with Gasteiger partial charge in [-0.05, 0) is 60.7 Å². The Labute approximate surface area is 118 Å². The van der Waals surface area contributed by atoms with Gasteiger partial charge in [-0.1, -0.05) is 34.1 Å². The molecule has 19 heavy (non-hydrogen) atoms. The summed E-state index contributed by atoms with van der Waals surface area (Å²) in [6.45, 7) is 9.73. The van der Waals surface area contributed by atoms with Gasteiger partial charge >= 0.3 is 0 Å². The normalized spacial score (nSPS) is 48.7. The summed E-state index contributed by atoms with van der Waals surface area (Å²) in [6.07, 6.45) is 8.59. The van der Waals surface area contributed by atoms with Gasteiger partial charge in [0.25, 0.3) is 0 Å². The Kier molecular flexibility index (Phi) is 3.11. The van der Waals surface area contributed by atoms with E-state index in [1.54, 1.807) is 0 Å². The quantitative estimate of drug-likeness (QED) is 0.695. The highest BCUT2D eigenvalue weighted by molar-refractivity contribution is 5.82. The van der Waals surface area contributed by atoms with Crippen LogP contribution in [0.15, 0.2) is 0 Å². The van der Waals surface area contributed by atoms with Gasteiger partial charge in [-0.2, -0.15) is 0 Å². The molecule has 0 aromatic rings. The van der Waals surface area contributed by atoms with Gasteiger partial charge in [0.05, 0.1) is 0 Å². The zero-order chi connectivity index (χ0) is 13.8. The van der Waals surface area contributed by atoms with E-state index in [1.165, 1.54) is 32.1 Å². The van der Waals surface area contributed by atoms with Crippen molar-refractivity contribution in [3.05, 3.63) is 0 Å². The monoisotopic (exact) mass is 262 g/mol. The fraction of sp³-hybridized carbons (Fsp3) is 0.944. The van der Waals surface area contributed by atoms with Gasteiger partial charge in [-0.3, -0.25) is 4.79 Å². The van der Waals surface area contributed by atoms with Crippen LogP contribution in [-0.2, 0) is 4.79 Å². The Hall–Kier alpha value is -0.330. The van der Waals surface area contributed by atoms with Gasteiger partial charge < -0.3 is 0 Å². The number of hydrogen-bond donors (Lipinski definition) is 0. The number of hydrogen-bond acceptors (Lipinski definition) is 1. The second-order valence-electron chi connectivity index (χ2n) is 8.27. The second kappa shape index (κ2) is 4.33. The molecule has 3 aliphatic carbocycles. The first-order valence-electron chi connectivity index (χ1n) is 8.44. The van der Waals surface area contributed by atoms with Crippen molar-refractivity contribution in [1.29, 1.82) is 0 Å². The molecule has 0 aromatic heterocycles. The predicted molar refractivity (Wildman–Crippen MR) is 78.8 cm³/mol. The predicted octanol–water partition coefficient (Wildman–Crippen LogP) is 4.84. The van der Waals surface area contributed by atoms with Crippen LogP contribution < -0.4 is 0 Å². The van der Waals surface area contributed by atoms with Crippen LogP contribution in [0.1, 0.15) is 72.6 Å². The first-order valence-corrected chi connectivity index (χ1v) is 8.44. The molecule has 3 rings (SSSR count). The Morgan fingerprint density at radius 3 is 2.47 bits per heavy atom. The molecule has 0 aliphatic heterocycles. The molecule has 0 heterocycles. The van der Waals surface area contributed by atoms with E-state index in [2.05, 4.69) is 27.7 Å². The zero-order valence-electron chi connectivity index (χ0n) is 13.2. The molecule has 3 aliphatic rings. The van der Waals surface area contributed by atoms with Crippen LogP contribution in [0.4, 0.5) is 0 Å². The maximum absolute atomic E-state index is 12.6. The maximum Gasteiger partial charge on any atom is 0.136 e. The minimum Gasteiger partial charge on any atom is -0.299 e. The fourth-order valence-electron chi connectivity index (χ4n) is 5.97. The molecule has 0 spiro atoms. The standard InChI is InChI=1S/C18H30O/c1-5-12-7-6-8-15(19)16(12)14-11-13-9-10-18(14,4)17(13,2)3/h12-14,16H,5-11H2,1-4H3/t12?,13-,14+,16?,18+/m1/s1. The van der Waals surface area contributed by atoms with Crippen molar-refractivity contribution in [2.24, 2.45) is 34.5 Å². The lowest BCUT2D eigenvalue weighted by atomic mass is 9.58. The average molecular weight is 262 g/mol. The number of Topliss-reactive ketones (excluding diaryl/α,β-unsaturated/α-hetero) is 1. The van der Waals surface area contributed by atoms with Crippen LogP contribution in [0, 0.1) is 34.5 Å². The molecule has 0 N–H and O–H groups in total. The van der Waals surface area contributed by atoms with E-state index in [1.807, 2.05) is 0 Å². The minimum atomic E-state index is 0.397. The molecule has 3 fully saturated rings. The molecular weight excluding hydrogens is 232 g/mol. The van der Waals surface area contributed by atoms with E-state index >= 15 is 0 Å². The Balaban J connectivity index is 1.92. The summed E-state index contributed by atoms with van der Waals surface area (Å²) in [7, 11) is 0. The van der Waals surface area contributed by atoms with E-state index in [0.717, 1.165) is 18.8 Å². The maximum atomic E-state index is 12.6. The van der Waals surface area contributed by atoms with Crippen LogP contribution in [0.2, 0.25) is 0 Å². The molecule has 1 nitrogen and oxygen atoms in total. The van der Waals surface area contributed by atoms with Gasteiger partial charge in [0.15, 0.2) is 0 Å². The lowest BCUT2D eigenvalue weighted by Crippen LogP contribution is -2.43. The van der Waals surface area contributed by atoms with Crippen molar-refractivity contribution in [2.75, 3.05) is 0 Å². The highest BCUT2D eigenvalue weighted by Crippen LogP contribution is 2.70. The lowest BCUT2D eigenvalue weighted by molar-refractivity contribution is -0.132. The topological polar surface area (TPSA) is 17.1 Å². The first-order chi connectivity index (χ1) is 8.91. The summed E-state index contributed by atoms with van der Waals surface area (Å²) in [5, 5.41) is 0. The van der Waals surface area contributed by atoms with Crippen molar-refractivity contribution in [3.8, 4) is 0 Å². The molecule has 2 unspecified atom stereocenters. The summed E-state index contributed by atoms with van der Waals surface area (Å²) in [4.78, 5) is 12.6. The molecule has 1 heteroatoms. The van der Waals surface area contributed by atoms with Crippen LogP contribution in [0.3, 0.4) is 0 Å². The molecule has 0 amide bonds. The van der Waals surface area contributed by atoms with E-state index < -0.39 is 0 Å². The summed E-state index contributed by atoms with van der Waals surface area (Å²) < 4.78 is 0. The molecule has 108 valence electrons.